The van der Waals surface area contributed by atoms with E-state index in [1.54, 1.807) is 0 Å². The first-order valence-corrected chi connectivity index (χ1v) is 12.0. The summed E-state index contributed by atoms with van der Waals surface area (Å²) in [7, 11) is 0. The minimum absolute atomic E-state index is 0.0978. The summed E-state index contributed by atoms with van der Waals surface area (Å²) in [5, 5.41) is 12.1. The van der Waals surface area contributed by atoms with Crippen LogP contribution in [0.15, 0.2) is 21.8 Å². The zero-order valence-electron chi connectivity index (χ0n) is 17.5. The lowest BCUT2D eigenvalue weighted by Crippen LogP contribution is -2.52. The zero-order chi connectivity index (χ0) is 22.2. The second-order valence-electron chi connectivity index (χ2n) is 8.56. The van der Waals surface area contributed by atoms with Gasteiger partial charge in [-0.1, -0.05) is 55.0 Å². The normalized spacial score (nSPS) is 19.9. The van der Waals surface area contributed by atoms with Crippen LogP contribution in [-0.2, 0) is 11.2 Å². The van der Waals surface area contributed by atoms with Crippen molar-refractivity contribution in [1.29, 1.82) is 0 Å². The van der Waals surface area contributed by atoms with Gasteiger partial charge in [-0.05, 0) is 53.9 Å². The molecule has 1 atom stereocenters. The van der Waals surface area contributed by atoms with Crippen molar-refractivity contribution in [1.82, 2.24) is 19.9 Å². The largest absolute Gasteiger partial charge is 0.348 e. The number of nitrogens with zero attached hydrogens (tertiary/aromatic N) is 3. The highest BCUT2D eigenvalue weighted by atomic mass is 35.5. The lowest BCUT2D eigenvalue weighted by atomic mass is 9.76. The lowest BCUT2D eigenvalue weighted by Gasteiger charge is -2.40. The van der Waals surface area contributed by atoms with Crippen LogP contribution >= 0.6 is 35.1 Å². The number of halogens is 3. The van der Waals surface area contributed by atoms with Gasteiger partial charge in [0.2, 0.25) is 5.91 Å². The van der Waals surface area contributed by atoms with E-state index in [-0.39, 0.29) is 27.3 Å². The molecule has 1 aliphatic carbocycles. The molecule has 1 unspecified atom stereocenters. The van der Waals surface area contributed by atoms with E-state index in [0.29, 0.717) is 18.7 Å². The Kier molecular flexibility index (Phi) is 6.82. The Morgan fingerprint density at radius 1 is 1.35 bits per heavy atom. The summed E-state index contributed by atoms with van der Waals surface area (Å²) in [5.74, 6) is -0.727. The molecule has 2 heterocycles. The van der Waals surface area contributed by atoms with Crippen molar-refractivity contribution in [3.63, 3.8) is 0 Å². The molecule has 31 heavy (non-hydrogen) atoms. The number of nitrogens with one attached hydrogen (secondary N) is 1. The number of carbonyl (C=O) groups excluding carboxylic acids is 1. The average molecular weight is 487 g/mol. The maximum absolute atomic E-state index is 14.9. The molecule has 6 nitrogen and oxygen atoms in total. The van der Waals surface area contributed by atoms with E-state index >= 15 is 0 Å². The maximum Gasteiger partial charge on any atom is 0.226 e. The number of aromatic nitrogens is 2. The summed E-state index contributed by atoms with van der Waals surface area (Å²) < 4.78 is 21.7. The van der Waals surface area contributed by atoms with Gasteiger partial charge in [0, 0.05) is 18.7 Å². The fourth-order valence-electron chi connectivity index (χ4n) is 4.42. The topological polar surface area (TPSA) is 71.3 Å². The first-order chi connectivity index (χ1) is 14.8. The molecule has 1 amide bonds. The van der Waals surface area contributed by atoms with Crippen LogP contribution in [0.3, 0.4) is 0 Å². The van der Waals surface area contributed by atoms with Crippen LogP contribution in [0.25, 0.3) is 0 Å². The Morgan fingerprint density at radius 3 is 2.74 bits per heavy atom. The Hall–Kier alpha value is -1.35. The van der Waals surface area contributed by atoms with Crippen molar-refractivity contribution in [2.24, 2.45) is 11.3 Å². The van der Waals surface area contributed by atoms with Crippen LogP contribution in [0.4, 0.5) is 4.39 Å². The van der Waals surface area contributed by atoms with Crippen molar-refractivity contribution in [3.05, 3.63) is 39.3 Å². The molecule has 1 saturated carbocycles. The first-order valence-electron chi connectivity index (χ1n) is 10.5. The molecule has 1 aromatic heterocycles. The van der Waals surface area contributed by atoms with Gasteiger partial charge in [0.05, 0.1) is 22.0 Å². The number of carbonyl (C=O) groups is 1. The van der Waals surface area contributed by atoms with Crippen molar-refractivity contribution in [3.8, 4) is 0 Å². The molecule has 2 aromatic rings. The SMILES string of the molecule is CCc1nonc1SN1CC(C(=O)NC(c2c(F)ccc(Cl)c2Cl)C2(C)CCCC2)C1. The standard InChI is InChI=1S/C21H25Cl2FN4O2S/c1-3-15-20(27-30-26-15)31-28-10-12(11-28)19(29)25-18(21(2)8-4-5-9-21)16-14(24)7-6-13(22)17(16)23/h6-7,12,18H,3-5,8-11H2,1-2H3,(H,25,29). The minimum atomic E-state index is -0.526. The molecule has 4 rings (SSSR count). The first kappa shape index (κ1) is 22.8. The number of rotatable bonds is 7. The second-order valence-corrected chi connectivity index (χ2v) is 10.4. The van der Waals surface area contributed by atoms with E-state index in [4.69, 9.17) is 27.8 Å². The number of aryl methyl sites for hydroxylation is 1. The van der Waals surface area contributed by atoms with E-state index in [1.807, 2.05) is 11.2 Å². The van der Waals surface area contributed by atoms with Gasteiger partial charge in [0.15, 0.2) is 5.03 Å². The van der Waals surface area contributed by atoms with Gasteiger partial charge in [0.1, 0.15) is 11.5 Å². The second kappa shape index (κ2) is 9.25. The molecule has 1 aliphatic heterocycles. The van der Waals surface area contributed by atoms with E-state index in [0.717, 1.165) is 42.8 Å². The molecule has 10 heteroatoms. The maximum atomic E-state index is 14.9. The highest BCUT2D eigenvalue weighted by Crippen LogP contribution is 2.50. The van der Waals surface area contributed by atoms with Crippen molar-refractivity contribution < 1.29 is 13.8 Å². The van der Waals surface area contributed by atoms with Crippen molar-refractivity contribution in [2.45, 2.75) is 57.0 Å². The molecule has 0 radical (unpaired) electrons. The number of amides is 1. The van der Waals surface area contributed by atoms with Crippen LogP contribution in [0.2, 0.25) is 10.0 Å². The van der Waals surface area contributed by atoms with E-state index < -0.39 is 11.9 Å². The predicted octanol–water partition coefficient (Wildman–Crippen LogP) is 5.45. The van der Waals surface area contributed by atoms with Gasteiger partial charge >= 0.3 is 0 Å². The number of hydrogen-bond donors (Lipinski definition) is 1. The summed E-state index contributed by atoms with van der Waals surface area (Å²) >= 11 is 14.1. The average Bonchev–Trinajstić information content (AvgIpc) is 3.35. The summed E-state index contributed by atoms with van der Waals surface area (Å²) in [6.07, 6.45) is 4.61. The fraction of sp³-hybridized carbons (Fsp3) is 0.571. The highest BCUT2D eigenvalue weighted by Gasteiger charge is 2.43. The van der Waals surface area contributed by atoms with Gasteiger partial charge in [-0.3, -0.25) is 4.79 Å². The molecule has 0 spiro atoms. The Bertz CT molecular complexity index is 961. The summed E-state index contributed by atoms with van der Waals surface area (Å²) in [4.78, 5) is 13.1. The fourth-order valence-corrected chi connectivity index (χ4v) is 5.95. The molecule has 168 valence electrons. The van der Waals surface area contributed by atoms with Crippen LogP contribution in [0, 0.1) is 17.2 Å². The molecule has 1 saturated heterocycles. The highest BCUT2D eigenvalue weighted by molar-refractivity contribution is 7.97. The van der Waals surface area contributed by atoms with Crippen molar-refractivity contribution in [2.75, 3.05) is 13.1 Å². The number of hydrogen-bond acceptors (Lipinski definition) is 6. The molecule has 2 fully saturated rings. The summed E-state index contributed by atoms with van der Waals surface area (Å²) in [6.45, 7) is 5.22. The third kappa shape index (κ3) is 4.58. The minimum Gasteiger partial charge on any atom is -0.348 e. The van der Waals surface area contributed by atoms with Crippen LogP contribution in [0.5, 0.6) is 0 Å². The van der Waals surface area contributed by atoms with Crippen LogP contribution in [0.1, 0.15) is 56.8 Å². The third-order valence-electron chi connectivity index (χ3n) is 6.39. The van der Waals surface area contributed by atoms with Crippen molar-refractivity contribution >= 4 is 41.1 Å². The molecular weight excluding hydrogens is 462 g/mol. The Morgan fingerprint density at radius 2 is 2.06 bits per heavy atom. The molecule has 1 aromatic carbocycles. The third-order valence-corrected chi connectivity index (χ3v) is 8.25. The molecule has 1 N–H and O–H groups in total. The lowest BCUT2D eigenvalue weighted by molar-refractivity contribution is -0.129. The number of benzene rings is 1. The molecule has 0 bridgehead atoms. The van der Waals surface area contributed by atoms with E-state index in [9.17, 15) is 9.18 Å². The van der Waals surface area contributed by atoms with Gasteiger partial charge in [0.25, 0.3) is 0 Å². The molecule has 2 aliphatic rings. The quantitative estimate of drug-likeness (QED) is 0.414. The van der Waals surface area contributed by atoms with Crippen LogP contribution < -0.4 is 5.32 Å². The van der Waals surface area contributed by atoms with E-state index in [1.165, 1.54) is 24.1 Å². The smallest absolute Gasteiger partial charge is 0.226 e. The predicted molar refractivity (Wildman–Crippen MR) is 118 cm³/mol. The van der Waals surface area contributed by atoms with Crippen LogP contribution in [-0.4, -0.2) is 33.6 Å². The van der Waals surface area contributed by atoms with Gasteiger partial charge in [-0.25, -0.2) is 13.3 Å². The Balaban J connectivity index is 1.47. The molecular formula is C21H25Cl2FN4O2S. The summed E-state index contributed by atoms with van der Waals surface area (Å²) in [6, 6.07) is 2.24. The zero-order valence-corrected chi connectivity index (χ0v) is 19.8. The van der Waals surface area contributed by atoms with Gasteiger partial charge < -0.3 is 5.32 Å². The van der Waals surface area contributed by atoms with Gasteiger partial charge in [-0.2, -0.15) is 0 Å². The van der Waals surface area contributed by atoms with Gasteiger partial charge in [-0.15, -0.1) is 0 Å². The monoisotopic (exact) mass is 486 g/mol. The Labute approximate surface area is 195 Å². The van der Waals surface area contributed by atoms with E-state index in [2.05, 4.69) is 22.6 Å². The summed E-state index contributed by atoms with van der Waals surface area (Å²) in [5.41, 5.74) is 0.822.